The monoisotopic (exact) mass is 255 g/mol. The summed E-state index contributed by atoms with van der Waals surface area (Å²) in [6, 6.07) is 1.53. The smallest absolute Gasteiger partial charge is 0.351 e. The number of nitrogens with zero attached hydrogens (tertiary/aromatic N) is 2. The largest absolute Gasteiger partial charge is 0.383 e. The highest BCUT2D eigenvalue weighted by Crippen LogP contribution is 2.31. The topological polar surface area (TPSA) is 87.2 Å². The standard InChI is InChI=1S/C10H13N3O3S/c1-2-6(14)9-16-8(5-17-9)13-4-3-7(11)12-10(13)15/h3-4,8-9H,2,5H2,1H3,(H2,11,12,15)/t8-,9+/m0/s1. The van der Waals surface area contributed by atoms with E-state index in [2.05, 4.69) is 4.98 Å². The summed E-state index contributed by atoms with van der Waals surface area (Å²) in [5, 5.41) is 0. The van der Waals surface area contributed by atoms with Gasteiger partial charge in [0, 0.05) is 18.4 Å². The predicted octanol–water partition coefficient (Wildman–Crippen LogP) is 0.393. The van der Waals surface area contributed by atoms with Gasteiger partial charge in [-0.05, 0) is 6.07 Å². The highest BCUT2D eigenvalue weighted by molar-refractivity contribution is 8.00. The van der Waals surface area contributed by atoms with E-state index < -0.39 is 17.4 Å². The van der Waals surface area contributed by atoms with Gasteiger partial charge in [-0.2, -0.15) is 4.98 Å². The Morgan fingerprint density at radius 2 is 2.53 bits per heavy atom. The zero-order valence-electron chi connectivity index (χ0n) is 9.33. The summed E-state index contributed by atoms with van der Waals surface area (Å²) in [4.78, 5) is 26.7. The highest BCUT2D eigenvalue weighted by atomic mass is 32.2. The summed E-state index contributed by atoms with van der Waals surface area (Å²) in [7, 11) is 0. The molecule has 0 aromatic carbocycles. The van der Waals surface area contributed by atoms with Crippen LogP contribution in [0.4, 0.5) is 5.82 Å². The van der Waals surface area contributed by atoms with Crippen molar-refractivity contribution in [2.75, 3.05) is 11.5 Å². The number of rotatable bonds is 3. The number of hydrogen-bond acceptors (Lipinski definition) is 6. The molecule has 0 radical (unpaired) electrons. The van der Waals surface area contributed by atoms with Gasteiger partial charge >= 0.3 is 5.69 Å². The van der Waals surface area contributed by atoms with Crippen LogP contribution in [-0.2, 0) is 9.53 Å². The van der Waals surface area contributed by atoms with Crippen LogP contribution in [0.15, 0.2) is 17.1 Å². The van der Waals surface area contributed by atoms with Gasteiger partial charge in [-0.3, -0.25) is 9.36 Å². The van der Waals surface area contributed by atoms with Crippen LogP contribution in [0.3, 0.4) is 0 Å². The van der Waals surface area contributed by atoms with Crippen LogP contribution in [-0.4, -0.2) is 26.5 Å². The molecule has 1 aromatic heterocycles. The van der Waals surface area contributed by atoms with Gasteiger partial charge in [0.1, 0.15) is 12.0 Å². The Labute approximate surface area is 102 Å². The third-order valence-corrected chi connectivity index (χ3v) is 3.60. The molecule has 2 heterocycles. The Bertz CT molecular complexity index is 488. The minimum Gasteiger partial charge on any atom is -0.383 e. The third kappa shape index (κ3) is 2.50. The first-order chi connectivity index (χ1) is 8.11. The molecule has 6 nitrogen and oxygen atoms in total. The molecule has 2 N–H and O–H groups in total. The molecule has 1 saturated heterocycles. The normalized spacial score (nSPS) is 23.8. The maximum absolute atomic E-state index is 11.6. The molecule has 0 aliphatic carbocycles. The molecular formula is C10H13N3O3S. The van der Waals surface area contributed by atoms with Crippen molar-refractivity contribution in [3.05, 3.63) is 22.7 Å². The Kier molecular flexibility index (Phi) is 3.49. The van der Waals surface area contributed by atoms with E-state index in [4.69, 9.17) is 10.5 Å². The molecule has 1 fully saturated rings. The van der Waals surface area contributed by atoms with Crippen molar-refractivity contribution in [3.8, 4) is 0 Å². The van der Waals surface area contributed by atoms with Crippen molar-refractivity contribution in [1.29, 1.82) is 0 Å². The molecule has 0 saturated carbocycles. The summed E-state index contributed by atoms with van der Waals surface area (Å²) < 4.78 is 6.87. The number of nitrogens with two attached hydrogens (primary N) is 1. The van der Waals surface area contributed by atoms with Crippen LogP contribution in [0.1, 0.15) is 19.6 Å². The van der Waals surface area contributed by atoms with E-state index in [1.54, 1.807) is 6.92 Å². The number of ether oxygens (including phenoxy) is 1. The summed E-state index contributed by atoms with van der Waals surface area (Å²) >= 11 is 1.40. The van der Waals surface area contributed by atoms with E-state index in [0.29, 0.717) is 12.2 Å². The molecule has 17 heavy (non-hydrogen) atoms. The zero-order chi connectivity index (χ0) is 12.4. The molecule has 7 heteroatoms. The Balaban J connectivity index is 2.15. The van der Waals surface area contributed by atoms with Gasteiger partial charge < -0.3 is 10.5 Å². The maximum atomic E-state index is 11.6. The molecule has 0 spiro atoms. The molecular weight excluding hydrogens is 242 g/mol. The number of anilines is 1. The van der Waals surface area contributed by atoms with Gasteiger partial charge in [-0.1, -0.05) is 6.92 Å². The number of carbonyl (C=O) groups excluding carboxylic acids is 1. The number of Topliss-reactive ketones (excluding diaryl/α,β-unsaturated/α-hetero) is 1. The van der Waals surface area contributed by atoms with E-state index in [0.717, 1.165) is 0 Å². The molecule has 0 amide bonds. The van der Waals surface area contributed by atoms with Crippen LogP contribution in [0, 0.1) is 0 Å². The van der Waals surface area contributed by atoms with Crippen LogP contribution in [0.2, 0.25) is 0 Å². The number of thioether (sulfide) groups is 1. The lowest BCUT2D eigenvalue weighted by Crippen LogP contribution is -2.29. The second-order valence-electron chi connectivity index (χ2n) is 3.62. The molecule has 1 aromatic rings. The van der Waals surface area contributed by atoms with Crippen LogP contribution >= 0.6 is 11.8 Å². The minimum absolute atomic E-state index is 0.0361. The average Bonchev–Trinajstić information content (AvgIpc) is 2.77. The van der Waals surface area contributed by atoms with Crippen molar-refractivity contribution >= 4 is 23.4 Å². The van der Waals surface area contributed by atoms with Gasteiger partial charge in [0.2, 0.25) is 0 Å². The van der Waals surface area contributed by atoms with E-state index in [1.165, 1.54) is 28.6 Å². The number of hydrogen-bond donors (Lipinski definition) is 1. The molecule has 1 aliphatic rings. The van der Waals surface area contributed by atoms with Gasteiger partial charge in [-0.25, -0.2) is 4.79 Å². The SMILES string of the molecule is CCC(=O)[C@@H]1O[C@H](n2ccc(N)nc2=O)CS1. The Hall–Kier alpha value is -1.34. The average molecular weight is 255 g/mol. The van der Waals surface area contributed by atoms with Crippen molar-refractivity contribution in [2.45, 2.75) is 25.0 Å². The van der Waals surface area contributed by atoms with Gasteiger partial charge in [-0.15, -0.1) is 11.8 Å². The van der Waals surface area contributed by atoms with E-state index in [-0.39, 0.29) is 11.6 Å². The molecule has 1 aliphatic heterocycles. The van der Waals surface area contributed by atoms with Crippen LogP contribution in [0.25, 0.3) is 0 Å². The summed E-state index contributed by atoms with van der Waals surface area (Å²) in [6.07, 6.45) is 1.52. The summed E-state index contributed by atoms with van der Waals surface area (Å²) in [5.41, 5.74) is 4.46. The Morgan fingerprint density at radius 1 is 1.76 bits per heavy atom. The van der Waals surface area contributed by atoms with E-state index in [9.17, 15) is 9.59 Å². The van der Waals surface area contributed by atoms with Crippen LogP contribution in [0.5, 0.6) is 0 Å². The molecule has 0 unspecified atom stereocenters. The fourth-order valence-electron chi connectivity index (χ4n) is 1.52. The van der Waals surface area contributed by atoms with Gasteiger partial charge in [0.15, 0.2) is 11.2 Å². The van der Waals surface area contributed by atoms with Crippen molar-refractivity contribution in [2.24, 2.45) is 0 Å². The maximum Gasteiger partial charge on any atom is 0.351 e. The Morgan fingerprint density at radius 3 is 3.18 bits per heavy atom. The lowest BCUT2D eigenvalue weighted by Gasteiger charge is -2.13. The third-order valence-electron chi connectivity index (χ3n) is 2.44. The lowest BCUT2D eigenvalue weighted by atomic mass is 10.3. The molecule has 0 bridgehead atoms. The number of nitrogen functional groups attached to an aromatic ring is 1. The van der Waals surface area contributed by atoms with Crippen molar-refractivity contribution in [3.63, 3.8) is 0 Å². The van der Waals surface area contributed by atoms with Gasteiger partial charge in [0.05, 0.1) is 0 Å². The first-order valence-electron chi connectivity index (χ1n) is 5.26. The zero-order valence-corrected chi connectivity index (χ0v) is 10.1. The summed E-state index contributed by atoms with van der Waals surface area (Å²) in [5.74, 6) is 0.772. The fourth-order valence-corrected chi connectivity index (χ4v) is 2.66. The second-order valence-corrected chi connectivity index (χ2v) is 4.71. The number of aromatic nitrogens is 2. The first-order valence-corrected chi connectivity index (χ1v) is 6.31. The van der Waals surface area contributed by atoms with Crippen LogP contribution < -0.4 is 11.4 Å². The molecule has 2 rings (SSSR count). The van der Waals surface area contributed by atoms with E-state index >= 15 is 0 Å². The molecule has 92 valence electrons. The second kappa shape index (κ2) is 4.89. The van der Waals surface area contributed by atoms with Gasteiger partial charge in [0.25, 0.3) is 0 Å². The van der Waals surface area contributed by atoms with E-state index in [1.807, 2.05) is 0 Å². The predicted molar refractivity (Wildman–Crippen MR) is 64.6 cm³/mol. The highest BCUT2D eigenvalue weighted by Gasteiger charge is 2.31. The molecule has 2 atom stereocenters. The van der Waals surface area contributed by atoms with Crippen molar-refractivity contribution in [1.82, 2.24) is 9.55 Å². The number of ketones is 1. The fraction of sp³-hybridized carbons (Fsp3) is 0.500. The first kappa shape index (κ1) is 12.1. The minimum atomic E-state index is -0.477. The number of carbonyl (C=O) groups is 1. The lowest BCUT2D eigenvalue weighted by molar-refractivity contribution is -0.128. The quantitative estimate of drug-likeness (QED) is 0.840. The summed E-state index contributed by atoms with van der Waals surface area (Å²) in [6.45, 7) is 1.79. The van der Waals surface area contributed by atoms with Crippen molar-refractivity contribution < 1.29 is 9.53 Å².